The van der Waals surface area contributed by atoms with Crippen LogP contribution >= 0.6 is 11.3 Å². The van der Waals surface area contributed by atoms with Crippen LogP contribution in [-0.4, -0.2) is 29.4 Å². The van der Waals surface area contributed by atoms with Crippen LogP contribution in [0, 0.1) is 11.3 Å². The summed E-state index contributed by atoms with van der Waals surface area (Å²) in [7, 11) is 1.86. The van der Waals surface area contributed by atoms with Crippen LogP contribution in [-0.2, 0) is 0 Å². The molecule has 1 atom stereocenters. The number of nitrogens with zero attached hydrogens (tertiary/aromatic N) is 2. The van der Waals surface area contributed by atoms with E-state index in [0.717, 1.165) is 6.54 Å². The predicted octanol–water partition coefficient (Wildman–Crippen LogP) is 2.26. The Bertz CT molecular complexity index is 359. The zero-order chi connectivity index (χ0) is 11.1. The highest BCUT2D eigenvalue weighted by atomic mass is 32.1. The average molecular weight is 224 g/mol. The number of carbonyl (C=O) groups is 1. The van der Waals surface area contributed by atoms with Gasteiger partial charge in [-0.3, -0.25) is 4.79 Å². The van der Waals surface area contributed by atoms with Gasteiger partial charge in [-0.2, -0.15) is 0 Å². The summed E-state index contributed by atoms with van der Waals surface area (Å²) in [6.07, 6.45) is 2.90. The minimum Gasteiger partial charge on any atom is -0.339 e. The van der Waals surface area contributed by atoms with Crippen molar-refractivity contribution < 1.29 is 4.79 Å². The van der Waals surface area contributed by atoms with E-state index in [9.17, 15) is 4.79 Å². The lowest BCUT2D eigenvalue weighted by Gasteiger charge is -2.16. The summed E-state index contributed by atoms with van der Waals surface area (Å²) in [6.45, 7) is 5.35. The smallest absolute Gasteiger partial charge is 0.282 e. The number of amides is 1. The summed E-state index contributed by atoms with van der Waals surface area (Å²) in [5.41, 5.74) is 0.428. The van der Waals surface area contributed by atoms with Crippen molar-refractivity contribution in [2.75, 3.05) is 13.6 Å². The second kappa shape index (κ2) is 3.59. The minimum atomic E-state index is 0.0488. The molecule has 1 aliphatic rings. The predicted molar refractivity (Wildman–Crippen MR) is 61.0 cm³/mol. The van der Waals surface area contributed by atoms with Crippen molar-refractivity contribution >= 4 is 17.2 Å². The van der Waals surface area contributed by atoms with Crippen LogP contribution < -0.4 is 0 Å². The summed E-state index contributed by atoms with van der Waals surface area (Å²) < 4.78 is 0. The van der Waals surface area contributed by atoms with Crippen LogP contribution in [0.3, 0.4) is 0 Å². The Hall–Kier alpha value is -0.900. The third-order valence-corrected chi connectivity index (χ3v) is 3.93. The van der Waals surface area contributed by atoms with E-state index in [1.165, 1.54) is 17.8 Å². The standard InChI is InChI=1S/C11H16N2OS/c1-11(2)6-8(11)7-13(3)10(14)9-12-4-5-15-9/h4-5,8H,6-7H2,1-3H3. The first-order valence-corrected chi connectivity index (χ1v) is 6.03. The first kappa shape index (κ1) is 10.6. The average Bonchev–Trinajstić information content (AvgIpc) is 2.66. The topological polar surface area (TPSA) is 33.2 Å². The van der Waals surface area contributed by atoms with Crippen molar-refractivity contribution in [2.24, 2.45) is 11.3 Å². The molecule has 1 saturated carbocycles. The molecule has 0 N–H and O–H groups in total. The van der Waals surface area contributed by atoms with Crippen LogP contribution in [0.4, 0.5) is 0 Å². The maximum atomic E-state index is 11.9. The maximum Gasteiger partial charge on any atom is 0.282 e. The van der Waals surface area contributed by atoms with Gasteiger partial charge in [0.05, 0.1) is 0 Å². The van der Waals surface area contributed by atoms with E-state index in [-0.39, 0.29) is 5.91 Å². The molecule has 4 heteroatoms. The van der Waals surface area contributed by atoms with Gasteiger partial charge >= 0.3 is 0 Å². The molecule has 1 aromatic rings. The summed E-state index contributed by atoms with van der Waals surface area (Å²) in [6, 6.07) is 0. The summed E-state index contributed by atoms with van der Waals surface area (Å²) >= 11 is 1.40. The van der Waals surface area contributed by atoms with Gasteiger partial charge in [0.1, 0.15) is 0 Å². The largest absolute Gasteiger partial charge is 0.339 e. The van der Waals surface area contributed by atoms with Gasteiger partial charge in [0.15, 0.2) is 5.01 Å². The number of hydrogen-bond donors (Lipinski definition) is 0. The molecule has 82 valence electrons. The molecule has 0 saturated heterocycles. The van der Waals surface area contributed by atoms with Gasteiger partial charge < -0.3 is 4.90 Å². The highest BCUT2D eigenvalue weighted by Crippen LogP contribution is 2.51. The molecule has 0 radical (unpaired) electrons. The van der Waals surface area contributed by atoms with Gasteiger partial charge in [0.25, 0.3) is 5.91 Å². The first-order chi connectivity index (χ1) is 7.00. The van der Waals surface area contributed by atoms with Crippen molar-refractivity contribution in [2.45, 2.75) is 20.3 Å². The lowest BCUT2D eigenvalue weighted by molar-refractivity contribution is 0.0784. The van der Waals surface area contributed by atoms with E-state index in [0.29, 0.717) is 16.3 Å². The Morgan fingerprint density at radius 1 is 1.73 bits per heavy atom. The monoisotopic (exact) mass is 224 g/mol. The normalized spacial score (nSPS) is 22.5. The lowest BCUT2D eigenvalue weighted by Crippen LogP contribution is -2.29. The molecule has 1 fully saturated rings. The van der Waals surface area contributed by atoms with E-state index in [2.05, 4.69) is 18.8 Å². The quantitative estimate of drug-likeness (QED) is 0.789. The van der Waals surface area contributed by atoms with Gasteiger partial charge in [-0.1, -0.05) is 13.8 Å². The molecule has 2 rings (SSSR count). The second-order valence-electron chi connectivity index (χ2n) is 4.91. The molecular formula is C11H16N2OS. The molecule has 1 unspecified atom stereocenters. The molecule has 1 aliphatic carbocycles. The zero-order valence-electron chi connectivity index (χ0n) is 9.36. The van der Waals surface area contributed by atoms with Gasteiger partial charge in [0.2, 0.25) is 0 Å². The van der Waals surface area contributed by atoms with E-state index in [4.69, 9.17) is 0 Å². The SMILES string of the molecule is CN(CC1CC1(C)C)C(=O)c1nccs1. The fourth-order valence-electron chi connectivity index (χ4n) is 1.79. The van der Waals surface area contributed by atoms with Crippen LogP contribution in [0.25, 0.3) is 0 Å². The van der Waals surface area contributed by atoms with Crippen molar-refractivity contribution in [3.05, 3.63) is 16.6 Å². The number of carbonyl (C=O) groups excluding carboxylic acids is 1. The highest BCUT2D eigenvalue weighted by molar-refractivity contribution is 7.11. The third kappa shape index (κ3) is 2.20. The van der Waals surface area contributed by atoms with Crippen LogP contribution in [0.1, 0.15) is 30.1 Å². The molecule has 1 heterocycles. The minimum absolute atomic E-state index is 0.0488. The first-order valence-electron chi connectivity index (χ1n) is 5.15. The Morgan fingerprint density at radius 3 is 2.87 bits per heavy atom. The van der Waals surface area contributed by atoms with E-state index in [1.807, 2.05) is 12.4 Å². The van der Waals surface area contributed by atoms with Gasteiger partial charge in [0, 0.05) is 25.2 Å². The lowest BCUT2D eigenvalue weighted by atomic mass is 10.1. The summed E-state index contributed by atoms with van der Waals surface area (Å²) in [5.74, 6) is 0.708. The molecular weight excluding hydrogens is 208 g/mol. The van der Waals surface area contributed by atoms with Gasteiger partial charge in [-0.25, -0.2) is 4.98 Å². The van der Waals surface area contributed by atoms with Crippen molar-refractivity contribution in [3.8, 4) is 0 Å². The van der Waals surface area contributed by atoms with Crippen LogP contribution in [0.5, 0.6) is 0 Å². The number of rotatable bonds is 3. The summed E-state index contributed by atoms with van der Waals surface area (Å²) in [5, 5.41) is 2.43. The Kier molecular flexibility index (Phi) is 2.54. The van der Waals surface area contributed by atoms with Crippen LogP contribution in [0.2, 0.25) is 0 Å². The molecule has 0 aliphatic heterocycles. The van der Waals surface area contributed by atoms with Gasteiger partial charge in [-0.05, 0) is 17.8 Å². The zero-order valence-corrected chi connectivity index (χ0v) is 10.2. The summed E-state index contributed by atoms with van der Waals surface area (Å²) in [4.78, 5) is 17.7. The van der Waals surface area contributed by atoms with Crippen LogP contribution in [0.15, 0.2) is 11.6 Å². The number of hydrogen-bond acceptors (Lipinski definition) is 3. The Morgan fingerprint density at radius 2 is 2.40 bits per heavy atom. The number of aromatic nitrogens is 1. The van der Waals surface area contributed by atoms with Crippen molar-refractivity contribution in [3.63, 3.8) is 0 Å². The maximum absolute atomic E-state index is 11.9. The number of thiazole rings is 1. The molecule has 0 aromatic carbocycles. The molecule has 0 bridgehead atoms. The fraction of sp³-hybridized carbons (Fsp3) is 0.636. The van der Waals surface area contributed by atoms with Gasteiger partial charge in [-0.15, -0.1) is 11.3 Å². The highest BCUT2D eigenvalue weighted by Gasteiger charge is 2.46. The fourth-order valence-corrected chi connectivity index (χ4v) is 2.42. The van der Waals surface area contributed by atoms with Crippen molar-refractivity contribution in [1.82, 2.24) is 9.88 Å². The Labute approximate surface area is 94.1 Å². The second-order valence-corrected chi connectivity index (χ2v) is 5.81. The molecule has 15 heavy (non-hydrogen) atoms. The molecule has 3 nitrogen and oxygen atoms in total. The van der Waals surface area contributed by atoms with E-state index in [1.54, 1.807) is 11.1 Å². The van der Waals surface area contributed by atoms with Crippen molar-refractivity contribution in [1.29, 1.82) is 0 Å². The van der Waals surface area contributed by atoms with E-state index >= 15 is 0 Å². The Balaban J connectivity index is 1.92. The molecule has 1 aromatic heterocycles. The third-order valence-electron chi connectivity index (χ3n) is 3.17. The molecule has 0 spiro atoms. The molecule has 1 amide bonds. The van der Waals surface area contributed by atoms with E-state index < -0.39 is 0 Å².